The number of pyridine rings is 1. The van der Waals surface area contributed by atoms with Crippen LogP contribution in [0.25, 0.3) is 10.9 Å². The van der Waals surface area contributed by atoms with Gasteiger partial charge in [0.15, 0.2) is 0 Å². The van der Waals surface area contributed by atoms with Crippen LogP contribution < -0.4 is 9.64 Å². The highest BCUT2D eigenvalue weighted by atomic mass is 35.5. The molecule has 0 aliphatic carbocycles. The number of halogens is 1. The SMILES string of the molecule is COc1cccc2c(C)cc(N3CCN(C(=O)OCCCl)CC3)nc12. The maximum Gasteiger partial charge on any atom is 0.409 e. The predicted octanol–water partition coefficient (Wildman–Crippen LogP) is 3.05. The first kappa shape index (κ1) is 17.6. The summed E-state index contributed by atoms with van der Waals surface area (Å²) in [5.41, 5.74) is 2.02. The first-order valence-corrected chi connectivity index (χ1v) is 8.84. The summed E-state index contributed by atoms with van der Waals surface area (Å²) in [5.74, 6) is 1.99. The number of para-hydroxylation sites is 1. The van der Waals surface area contributed by atoms with Crippen LogP contribution in [0.2, 0.25) is 0 Å². The van der Waals surface area contributed by atoms with E-state index in [2.05, 4.69) is 24.0 Å². The van der Waals surface area contributed by atoms with Gasteiger partial charge >= 0.3 is 6.09 Å². The van der Waals surface area contributed by atoms with E-state index in [9.17, 15) is 4.79 Å². The molecule has 1 aromatic heterocycles. The van der Waals surface area contributed by atoms with E-state index in [4.69, 9.17) is 26.1 Å². The van der Waals surface area contributed by atoms with Crippen molar-refractivity contribution in [2.75, 3.05) is 50.7 Å². The highest BCUT2D eigenvalue weighted by Gasteiger charge is 2.23. The molecule has 1 saturated heterocycles. The fraction of sp³-hybridized carbons (Fsp3) is 0.444. The summed E-state index contributed by atoms with van der Waals surface area (Å²) in [6, 6.07) is 8.03. The lowest BCUT2D eigenvalue weighted by atomic mass is 10.1. The Bertz CT molecular complexity index is 761. The molecule has 25 heavy (non-hydrogen) atoms. The minimum atomic E-state index is -0.301. The second-order valence-electron chi connectivity index (χ2n) is 5.93. The summed E-state index contributed by atoms with van der Waals surface area (Å²) in [6.45, 7) is 4.95. The molecular formula is C18H22ClN3O3. The maximum absolute atomic E-state index is 11.9. The zero-order chi connectivity index (χ0) is 17.8. The fourth-order valence-corrected chi connectivity index (χ4v) is 3.11. The summed E-state index contributed by atoms with van der Waals surface area (Å²) >= 11 is 5.55. The van der Waals surface area contributed by atoms with Crippen molar-refractivity contribution in [2.45, 2.75) is 6.92 Å². The number of carbonyl (C=O) groups is 1. The Morgan fingerprint density at radius 3 is 2.72 bits per heavy atom. The monoisotopic (exact) mass is 363 g/mol. The number of rotatable bonds is 4. The van der Waals surface area contributed by atoms with Crippen LogP contribution in [-0.2, 0) is 4.74 Å². The van der Waals surface area contributed by atoms with Crippen molar-refractivity contribution in [3.63, 3.8) is 0 Å². The Balaban J connectivity index is 1.76. The van der Waals surface area contributed by atoms with Gasteiger partial charge < -0.3 is 19.3 Å². The number of carbonyl (C=O) groups excluding carboxylic acids is 1. The van der Waals surface area contributed by atoms with Crippen LogP contribution in [0.5, 0.6) is 5.75 Å². The Morgan fingerprint density at radius 2 is 2.04 bits per heavy atom. The molecule has 2 aromatic rings. The van der Waals surface area contributed by atoms with Gasteiger partial charge in [0, 0.05) is 31.6 Å². The zero-order valence-corrected chi connectivity index (χ0v) is 15.3. The van der Waals surface area contributed by atoms with Crippen LogP contribution >= 0.6 is 11.6 Å². The normalized spacial score (nSPS) is 14.7. The molecule has 134 valence electrons. The molecule has 0 spiro atoms. The number of aryl methyl sites for hydroxylation is 1. The third kappa shape index (κ3) is 3.74. The quantitative estimate of drug-likeness (QED) is 0.781. The number of piperazine rings is 1. The van der Waals surface area contributed by atoms with Gasteiger partial charge in [-0.05, 0) is 24.6 Å². The third-order valence-electron chi connectivity index (χ3n) is 4.38. The van der Waals surface area contributed by atoms with Gasteiger partial charge in [0.05, 0.1) is 13.0 Å². The molecule has 1 fully saturated rings. The Morgan fingerprint density at radius 1 is 1.28 bits per heavy atom. The summed E-state index contributed by atoms with van der Waals surface area (Å²) in [7, 11) is 1.66. The number of aromatic nitrogens is 1. The second kappa shape index (κ2) is 7.78. The van der Waals surface area contributed by atoms with Gasteiger partial charge in [-0.2, -0.15) is 0 Å². The van der Waals surface area contributed by atoms with E-state index in [0.717, 1.165) is 28.0 Å². The van der Waals surface area contributed by atoms with Gasteiger partial charge in [-0.25, -0.2) is 9.78 Å². The van der Waals surface area contributed by atoms with Crippen molar-refractivity contribution >= 4 is 34.4 Å². The van der Waals surface area contributed by atoms with Crippen LogP contribution in [0.3, 0.4) is 0 Å². The van der Waals surface area contributed by atoms with Gasteiger partial charge in [0.25, 0.3) is 0 Å². The highest BCUT2D eigenvalue weighted by Crippen LogP contribution is 2.29. The van der Waals surface area contributed by atoms with Crippen molar-refractivity contribution < 1.29 is 14.3 Å². The van der Waals surface area contributed by atoms with Crippen molar-refractivity contribution in [2.24, 2.45) is 0 Å². The lowest BCUT2D eigenvalue weighted by Crippen LogP contribution is -2.49. The molecule has 0 bridgehead atoms. The zero-order valence-electron chi connectivity index (χ0n) is 14.5. The minimum Gasteiger partial charge on any atom is -0.494 e. The average Bonchev–Trinajstić information content (AvgIpc) is 2.65. The van der Waals surface area contributed by atoms with E-state index in [0.29, 0.717) is 32.1 Å². The summed E-state index contributed by atoms with van der Waals surface area (Å²) in [6.07, 6.45) is -0.301. The Hall–Kier alpha value is -2.21. The van der Waals surface area contributed by atoms with E-state index in [1.54, 1.807) is 12.0 Å². The molecule has 0 unspecified atom stereocenters. The van der Waals surface area contributed by atoms with E-state index < -0.39 is 0 Å². The van der Waals surface area contributed by atoms with Crippen LogP contribution in [0.1, 0.15) is 5.56 Å². The number of hydrogen-bond donors (Lipinski definition) is 0. The fourth-order valence-electron chi connectivity index (χ4n) is 3.04. The topological polar surface area (TPSA) is 54.9 Å². The number of methoxy groups -OCH3 is 1. The number of fused-ring (bicyclic) bond motifs is 1. The van der Waals surface area contributed by atoms with Crippen molar-refractivity contribution in [3.05, 3.63) is 29.8 Å². The molecule has 1 aromatic carbocycles. The van der Waals surface area contributed by atoms with E-state index in [-0.39, 0.29) is 12.7 Å². The lowest BCUT2D eigenvalue weighted by Gasteiger charge is -2.35. The molecule has 2 heterocycles. The summed E-state index contributed by atoms with van der Waals surface area (Å²) < 4.78 is 10.5. The smallest absolute Gasteiger partial charge is 0.409 e. The van der Waals surface area contributed by atoms with Crippen LogP contribution in [-0.4, -0.2) is 61.8 Å². The van der Waals surface area contributed by atoms with Gasteiger partial charge in [-0.1, -0.05) is 12.1 Å². The van der Waals surface area contributed by atoms with Gasteiger partial charge in [0.2, 0.25) is 0 Å². The van der Waals surface area contributed by atoms with Gasteiger partial charge in [-0.15, -0.1) is 11.6 Å². The molecule has 6 nitrogen and oxygen atoms in total. The van der Waals surface area contributed by atoms with E-state index in [1.807, 2.05) is 12.1 Å². The van der Waals surface area contributed by atoms with Crippen molar-refractivity contribution in [3.8, 4) is 5.75 Å². The minimum absolute atomic E-state index is 0.242. The molecule has 0 radical (unpaired) electrons. The molecular weight excluding hydrogens is 342 g/mol. The molecule has 0 atom stereocenters. The number of amides is 1. The standard InChI is InChI=1S/C18H22ClN3O3/c1-13-12-16(20-17-14(13)4-3-5-15(17)24-2)21-7-9-22(10-8-21)18(23)25-11-6-19/h3-5,12H,6-11H2,1-2H3. The summed E-state index contributed by atoms with van der Waals surface area (Å²) in [4.78, 5) is 20.6. The summed E-state index contributed by atoms with van der Waals surface area (Å²) in [5, 5.41) is 1.09. The number of alkyl halides is 1. The Kier molecular flexibility index (Phi) is 5.48. The third-order valence-corrected chi connectivity index (χ3v) is 4.53. The van der Waals surface area contributed by atoms with Crippen molar-refractivity contribution in [1.29, 1.82) is 0 Å². The molecule has 0 saturated carbocycles. The maximum atomic E-state index is 11.9. The first-order chi connectivity index (χ1) is 12.1. The number of ether oxygens (including phenoxy) is 2. The molecule has 0 N–H and O–H groups in total. The predicted molar refractivity (Wildman–Crippen MR) is 98.9 cm³/mol. The van der Waals surface area contributed by atoms with Crippen LogP contribution in [0.4, 0.5) is 10.6 Å². The number of anilines is 1. The largest absolute Gasteiger partial charge is 0.494 e. The van der Waals surface area contributed by atoms with Crippen molar-refractivity contribution in [1.82, 2.24) is 9.88 Å². The molecule has 1 aliphatic rings. The number of nitrogens with zero attached hydrogens (tertiary/aromatic N) is 3. The van der Waals surface area contributed by atoms with Crippen LogP contribution in [0, 0.1) is 6.92 Å². The average molecular weight is 364 g/mol. The highest BCUT2D eigenvalue weighted by molar-refractivity contribution is 6.18. The molecule has 1 amide bonds. The molecule has 1 aliphatic heterocycles. The van der Waals surface area contributed by atoms with E-state index in [1.165, 1.54) is 0 Å². The van der Waals surface area contributed by atoms with Crippen LogP contribution in [0.15, 0.2) is 24.3 Å². The van der Waals surface area contributed by atoms with Gasteiger partial charge in [-0.3, -0.25) is 0 Å². The first-order valence-electron chi connectivity index (χ1n) is 8.31. The second-order valence-corrected chi connectivity index (χ2v) is 6.31. The Labute approximate surface area is 152 Å². The molecule has 7 heteroatoms. The number of hydrogen-bond acceptors (Lipinski definition) is 5. The van der Waals surface area contributed by atoms with E-state index >= 15 is 0 Å². The van der Waals surface area contributed by atoms with Gasteiger partial charge in [0.1, 0.15) is 23.7 Å². The lowest BCUT2D eigenvalue weighted by molar-refractivity contribution is 0.105. The molecule has 3 rings (SSSR count). The number of benzene rings is 1.